The highest BCUT2D eigenvalue weighted by atomic mass is 19.4. The van der Waals surface area contributed by atoms with Gasteiger partial charge >= 0.3 is 6.18 Å². The summed E-state index contributed by atoms with van der Waals surface area (Å²) in [6, 6.07) is 5.68. The number of alkyl halides is 3. The second-order valence-electron chi connectivity index (χ2n) is 5.67. The van der Waals surface area contributed by atoms with Gasteiger partial charge < -0.3 is 5.32 Å². The fourth-order valence-corrected chi connectivity index (χ4v) is 3.36. The molecule has 1 aliphatic rings. The summed E-state index contributed by atoms with van der Waals surface area (Å²) in [5, 5.41) is 3.11. The molecule has 1 N–H and O–H groups in total. The minimum absolute atomic E-state index is 0.0872. The zero-order valence-electron chi connectivity index (χ0n) is 11.3. The normalized spacial score (nSPS) is 20.5. The lowest BCUT2D eigenvalue weighted by atomic mass is 9.76. The average Bonchev–Trinajstić information content (AvgIpc) is 2.77. The molecule has 106 valence electrons. The third-order valence-electron chi connectivity index (χ3n) is 4.31. The number of hydrogen-bond acceptors (Lipinski definition) is 1. The molecule has 0 aromatic heterocycles. The topological polar surface area (TPSA) is 12.0 Å². The van der Waals surface area contributed by atoms with E-state index < -0.39 is 11.7 Å². The second kappa shape index (κ2) is 5.16. The van der Waals surface area contributed by atoms with Gasteiger partial charge in [-0.2, -0.15) is 13.2 Å². The van der Waals surface area contributed by atoms with E-state index in [4.69, 9.17) is 0 Å². The van der Waals surface area contributed by atoms with Gasteiger partial charge in [-0.15, -0.1) is 0 Å². The number of nitrogens with one attached hydrogen (secondary N) is 1. The van der Waals surface area contributed by atoms with Crippen molar-refractivity contribution in [2.24, 2.45) is 5.41 Å². The van der Waals surface area contributed by atoms with Gasteiger partial charge in [-0.05, 0) is 36.9 Å². The Bertz CT molecular complexity index is 433. The number of rotatable bonds is 3. The zero-order valence-corrected chi connectivity index (χ0v) is 11.3. The zero-order chi connectivity index (χ0) is 14.1. The molecule has 0 radical (unpaired) electrons. The first-order chi connectivity index (χ1) is 8.88. The fourth-order valence-electron chi connectivity index (χ4n) is 3.36. The van der Waals surface area contributed by atoms with Crippen molar-refractivity contribution >= 4 is 0 Å². The summed E-state index contributed by atoms with van der Waals surface area (Å²) in [4.78, 5) is 0. The van der Waals surface area contributed by atoms with Crippen LogP contribution in [0.15, 0.2) is 24.3 Å². The summed E-state index contributed by atoms with van der Waals surface area (Å²) in [5.41, 5.74) is -0.222. The van der Waals surface area contributed by atoms with Crippen LogP contribution in [0.25, 0.3) is 0 Å². The first-order valence-electron chi connectivity index (χ1n) is 6.72. The smallest absolute Gasteiger partial charge is 0.313 e. The Kier molecular flexibility index (Phi) is 3.90. The molecule has 1 saturated carbocycles. The van der Waals surface area contributed by atoms with Crippen LogP contribution in [0.2, 0.25) is 0 Å². The molecule has 1 aromatic rings. The van der Waals surface area contributed by atoms with Crippen LogP contribution in [0.3, 0.4) is 0 Å². The predicted molar refractivity (Wildman–Crippen MR) is 69.8 cm³/mol. The van der Waals surface area contributed by atoms with Crippen molar-refractivity contribution < 1.29 is 13.2 Å². The monoisotopic (exact) mass is 271 g/mol. The van der Waals surface area contributed by atoms with Gasteiger partial charge in [0.1, 0.15) is 0 Å². The van der Waals surface area contributed by atoms with E-state index in [2.05, 4.69) is 12.2 Å². The summed E-state index contributed by atoms with van der Waals surface area (Å²) < 4.78 is 39.4. The van der Waals surface area contributed by atoms with Crippen LogP contribution in [0.5, 0.6) is 0 Å². The van der Waals surface area contributed by atoms with Crippen molar-refractivity contribution in [1.82, 2.24) is 5.32 Å². The van der Waals surface area contributed by atoms with Crippen LogP contribution in [0.4, 0.5) is 13.2 Å². The Hall–Kier alpha value is -1.03. The van der Waals surface area contributed by atoms with Crippen LogP contribution < -0.4 is 5.32 Å². The molecule has 0 heterocycles. The molecule has 4 heteroatoms. The Morgan fingerprint density at radius 1 is 1.16 bits per heavy atom. The number of halogens is 3. The van der Waals surface area contributed by atoms with Gasteiger partial charge in [-0.25, -0.2) is 0 Å². The second-order valence-corrected chi connectivity index (χ2v) is 5.67. The molecular weight excluding hydrogens is 251 g/mol. The van der Waals surface area contributed by atoms with E-state index in [0.29, 0.717) is 5.56 Å². The molecular formula is C15H20F3N. The van der Waals surface area contributed by atoms with Crippen molar-refractivity contribution in [1.29, 1.82) is 0 Å². The molecule has 2 rings (SSSR count). The molecule has 0 amide bonds. The Morgan fingerprint density at radius 2 is 1.74 bits per heavy atom. The SMILES string of the molecule is CNC(c1ccccc1C(F)(F)F)C1(C)CCCC1. The van der Waals surface area contributed by atoms with Crippen molar-refractivity contribution in [3.63, 3.8) is 0 Å². The van der Waals surface area contributed by atoms with Crippen molar-refractivity contribution in [3.8, 4) is 0 Å². The Labute approximate surface area is 112 Å². The molecule has 1 aromatic carbocycles. The number of benzene rings is 1. The first kappa shape index (κ1) is 14.4. The highest BCUT2D eigenvalue weighted by molar-refractivity contribution is 5.34. The third kappa shape index (κ3) is 2.78. The molecule has 0 saturated heterocycles. The summed E-state index contributed by atoms with van der Waals surface area (Å²) in [6.07, 6.45) is -0.137. The van der Waals surface area contributed by atoms with E-state index >= 15 is 0 Å². The minimum atomic E-state index is -4.29. The van der Waals surface area contributed by atoms with Crippen LogP contribution in [-0.2, 0) is 6.18 Å². The van der Waals surface area contributed by atoms with Crippen molar-refractivity contribution in [2.75, 3.05) is 7.05 Å². The van der Waals surface area contributed by atoms with Crippen LogP contribution >= 0.6 is 0 Å². The number of hydrogen-bond donors (Lipinski definition) is 1. The van der Waals surface area contributed by atoms with Gasteiger partial charge in [-0.1, -0.05) is 38.0 Å². The van der Waals surface area contributed by atoms with E-state index in [-0.39, 0.29) is 11.5 Å². The highest BCUT2D eigenvalue weighted by Gasteiger charge is 2.42. The molecule has 1 unspecified atom stereocenters. The van der Waals surface area contributed by atoms with E-state index in [1.54, 1.807) is 19.2 Å². The van der Waals surface area contributed by atoms with E-state index in [9.17, 15) is 13.2 Å². The van der Waals surface area contributed by atoms with Gasteiger partial charge in [0.2, 0.25) is 0 Å². The maximum absolute atomic E-state index is 13.1. The molecule has 1 nitrogen and oxygen atoms in total. The fraction of sp³-hybridized carbons (Fsp3) is 0.600. The van der Waals surface area contributed by atoms with E-state index in [0.717, 1.165) is 25.7 Å². The highest BCUT2D eigenvalue weighted by Crippen LogP contribution is 2.49. The summed E-state index contributed by atoms with van der Waals surface area (Å²) >= 11 is 0. The molecule has 0 spiro atoms. The van der Waals surface area contributed by atoms with E-state index in [1.807, 2.05) is 0 Å². The molecule has 0 aliphatic heterocycles. The lowest BCUT2D eigenvalue weighted by Crippen LogP contribution is -2.33. The summed E-state index contributed by atoms with van der Waals surface area (Å²) in [7, 11) is 1.75. The largest absolute Gasteiger partial charge is 0.416 e. The summed E-state index contributed by atoms with van der Waals surface area (Å²) in [6.45, 7) is 2.09. The standard InChI is InChI=1S/C15H20F3N/c1-14(9-5-6-10-14)13(19-2)11-7-3-4-8-12(11)15(16,17)18/h3-4,7-8,13,19H,5-6,9-10H2,1-2H3. The van der Waals surface area contributed by atoms with Crippen LogP contribution in [0.1, 0.15) is 49.8 Å². The van der Waals surface area contributed by atoms with Gasteiger partial charge in [0.15, 0.2) is 0 Å². The maximum Gasteiger partial charge on any atom is 0.416 e. The van der Waals surface area contributed by atoms with Crippen LogP contribution in [-0.4, -0.2) is 7.05 Å². The Morgan fingerprint density at radius 3 is 2.26 bits per heavy atom. The van der Waals surface area contributed by atoms with Crippen LogP contribution in [0, 0.1) is 5.41 Å². The molecule has 0 bridgehead atoms. The minimum Gasteiger partial charge on any atom is -0.313 e. The van der Waals surface area contributed by atoms with E-state index in [1.165, 1.54) is 12.1 Å². The quantitative estimate of drug-likeness (QED) is 0.850. The van der Waals surface area contributed by atoms with Gasteiger partial charge in [0.25, 0.3) is 0 Å². The molecule has 1 atom stereocenters. The third-order valence-corrected chi connectivity index (χ3v) is 4.31. The van der Waals surface area contributed by atoms with Gasteiger partial charge in [0.05, 0.1) is 5.56 Å². The Balaban J connectivity index is 2.44. The lowest BCUT2D eigenvalue weighted by molar-refractivity contribution is -0.138. The van der Waals surface area contributed by atoms with Crippen molar-refractivity contribution in [3.05, 3.63) is 35.4 Å². The lowest BCUT2D eigenvalue weighted by Gasteiger charge is -2.35. The molecule has 1 fully saturated rings. The molecule has 19 heavy (non-hydrogen) atoms. The summed E-state index contributed by atoms with van der Waals surface area (Å²) in [5.74, 6) is 0. The van der Waals surface area contributed by atoms with Gasteiger partial charge in [0, 0.05) is 6.04 Å². The maximum atomic E-state index is 13.1. The first-order valence-corrected chi connectivity index (χ1v) is 6.72. The van der Waals surface area contributed by atoms with Gasteiger partial charge in [-0.3, -0.25) is 0 Å². The predicted octanol–water partition coefficient (Wildman–Crippen LogP) is 4.55. The van der Waals surface area contributed by atoms with Crippen molar-refractivity contribution in [2.45, 2.75) is 44.8 Å². The average molecular weight is 271 g/mol. The molecule has 1 aliphatic carbocycles.